The van der Waals surface area contributed by atoms with Crippen molar-refractivity contribution in [1.29, 1.82) is 0 Å². The molecule has 1 aliphatic rings. The Balaban J connectivity index is 1.35. The molecule has 3 aromatic heterocycles. The Morgan fingerprint density at radius 2 is 1.90 bits per heavy atom. The zero-order valence-corrected chi connectivity index (χ0v) is 21.6. The highest BCUT2D eigenvalue weighted by Crippen LogP contribution is 2.36. The van der Waals surface area contributed by atoms with Crippen molar-refractivity contribution in [1.82, 2.24) is 24.9 Å². The first-order valence-electron chi connectivity index (χ1n) is 13.4. The van der Waals surface area contributed by atoms with Gasteiger partial charge in [0.15, 0.2) is 5.65 Å². The summed E-state index contributed by atoms with van der Waals surface area (Å²) in [5, 5.41) is 16.1. The number of para-hydroxylation sites is 1. The average molecular weight is 542 g/mol. The summed E-state index contributed by atoms with van der Waals surface area (Å²) in [5.41, 5.74) is 2.88. The number of fused-ring (bicyclic) bond motifs is 2. The first kappa shape index (κ1) is 25.5. The number of aliphatic carboxylic acids is 1. The molecule has 1 amide bonds. The van der Waals surface area contributed by atoms with Crippen molar-refractivity contribution in [2.45, 2.75) is 50.5 Å². The fourth-order valence-corrected chi connectivity index (χ4v) is 5.73. The van der Waals surface area contributed by atoms with Gasteiger partial charge in [-0.15, -0.1) is 0 Å². The Labute approximate surface area is 228 Å². The third-order valence-electron chi connectivity index (χ3n) is 7.71. The maximum absolute atomic E-state index is 14.1. The summed E-state index contributed by atoms with van der Waals surface area (Å²) >= 11 is 0. The predicted octanol–water partition coefficient (Wildman–Crippen LogP) is 4.78. The fraction of sp³-hybridized carbons (Fsp3) is 0.267. The van der Waals surface area contributed by atoms with E-state index in [1.807, 2.05) is 24.3 Å². The quantitative estimate of drug-likeness (QED) is 0.235. The topological polar surface area (TPSA) is 132 Å². The van der Waals surface area contributed by atoms with Crippen molar-refractivity contribution in [3.05, 3.63) is 93.8 Å². The van der Waals surface area contributed by atoms with Crippen molar-refractivity contribution in [3.63, 3.8) is 0 Å². The molecule has 0 radical (unpaired) electrons. The number of amides is 1. The number of hydrogen-bond donors (Lipinski definition) is 4. The third-order valence-corrected chi connectivity index (χ3v) is 7.71. The maximum Gasteiger partial charge on any atom is 0.326 e. The molecule has 3 heterocycles. The Kier molecular flexibility index (Phi) is 6.67. The fourth-order valence-electron chi connectivity index (χ4n) is 5.73. The number of carboxylic acid groups (broad SMARTS) is 1. The van der Waals surface area contributed by atoms with Crippen molar-refractivity contribution < 1.29 is 19.1 Å². The number of nitrogens with one attached hydrogen (secondary N) is 3. The molecule has 0 bridgehead atoms. The van der Waals surface area contributed by atoms with Gasteiger partial charge in [0.25, 0.3) is 11.5 Å². The number of carbonyl (C=O) groups is 2. The van der Waals surface area contributed by atoms with Gasteiger partial charge in [0, 0.05) is 40.7 Å². The van der Waals surface area contributed by atoms with Gasteiger partial charge in [-0.3, -0.25) is 14.7 Å². The first-order valence-corrected chi connectivity index (χ1v) is 13.4. The molecular formula is C30H28FN5O4. The van der Waals surface area contributed by atoms with Gasteiger partial charge in [0.1, 0.15) is 17.6 Å². The van der Waals surface area contributed by atoms with Crippen LogP contribution in [-0.2, 0) is 11.2 Å². The summed E-state index contributed by atoms with van der Waals surface area (Å²) in [6, 6.07) is 13.7. The molecule has 5 aromatic rings. The normalized spacial score (nSPS) is 14.9. The van der Waals surface area contributed by atoms with Gasteiger partial charge >= 0.3 is 5.97 Å². The molecule has 0 saturated heterocycles. The number of hydrogen-bond acceptors (Lipinski definition) is 4. The molecule has 0 aliphatic heterocycles. The lowest BCUT2D eigenvalue weighted by atomic mass is 9.83. The van der Waals surface area contributed by atoms with Gasteiger partial charge in [-0.2, -0.15) is 0 Å². The average Bonchev–Trinajstić information content (AvgIpc) is 3.58. The van der Waals surface area contributed by atoms with Crippen LogP contribution >= 0.6 is 0 Å². The molecule has 204 valence electrons. The van der Waals surface area contributed by atoms with E-state index in [4.69, 9.17) is 4.98 Å². The Bertz CT molecular complexity index is 1800. The number of aromatic amines is 2. The highest BCUT2D eigenvalue weighted by atomic mass is 19.1. The Hall–Kier alpha value is -4.73. The lowest BCUT2D eigenvalue weighted by molar-refractivity contribution is -0.139. The van der Waals surface area contributed by atoms with Crippen LogP contribution in [0.4, 0.5) is 4.39 Å². The van der Waals surface area contributed by atoms with Crippen molar-refractivity contribution in [2.75, 3.05) is 0 Å². The largest absolute Gasteiger partial charge is 0.480 e. The van der Waals surface area contributed by atoms with E-state index in [0.29, 0.717) is 16.8 Å². The number of rotatable bonds is 7. The smallest absolute Gasteiger partial charge is 0.326 e. The van der Waals surface area contributed by atoms with Gasteiger partial charge < -0.3 is 15.4 Å². The van der Waals surface area contributed by atoms with Crippen molar-refractivity contribution in [3.8, 4) is 11.3 Å². The molecule has 1 fully saturated rings. The minimum Gasteiger partial charge on any atom is -0.480 e. The zero-order chi connectivity index (χ0) is 27.8. The van der Waals surface area contributed by atoms with E-state index < -0.39 is 23.7 Å². The van der Waals surface area contributed by atoms with E-state index in [0.717, 1.165) is 48.6 Å². The molecule has 1 saturated carbocycles. The summed E-state index contributed by atoms with van der Waals surface area (Å²) in [6.07, 6.45) is 6.53. The zero-order valence-electron chi connectivity index (χ0n) is 21.6. The van der Waals surface area contributed by atoms with E-state index in [-0.39, 0.29) is 29.2 Å². The molecule has 2 aromatic carbocycles. The summed E-state index contributed by atoms with van der Waals surface area (Å²) < 4.78 is 15.4. The van der Waals surface area contributed by atoms with Crippen LogP contribution in [0.2, 0.25) is 0 Å². The molecule has 1 atom stereocenters. The number of halogens is 1. The number of nitrogens with zero attached hydrogens (tertiary/aromatic N) is 2. The molecule has 0 spiro atoms. The summed E-state index contributed by atoms with van der Waals surface area (Å²) in [7, 11) is 0. The summed E-state index contributed by atoms with van der Waals surface area (Å²) in [6.45, 7) is 0. The van der Waals surface area contributed by atoms with Gasteiger partial charge in [-0.1, -0.05) is 49.6 Å². The van der Waals surface area contributed by atoms with E-state index >= 15 is 0 Å². The summed E-state index contributed by atoms with van der Waals surface area (Å²) in [5.74, 6) is -2.32. The maximum atomic E-state index is 14.1. The molecular weight excluding hydrogens is 513 g/mol. The third kappa shape index (κ3) is 4.76. The second-order valence-electron chi connectivity index (χ2n) is 10.3. The van der Waals surface area contributed by atoms with Crippen LogP contribution in [0.25, 0.3) is 27.8 Å². The molecule has 40 heavy (non-hydrogen) atoms. The number of carboxylic acids is 1. The van der Waals surface area contributed by atoms with Crippen molar-refractivity contribution in [2.24, 2.45) is 0 Å². The van der Waals surface area contributed by atoms with Crippen LogP contribution in [-0.4, -0.2) is 42.6 Å². The minimum absolute atomic E-state index is 0.000707. The van der Waals surface area contributed by atoms with E-state index in [1.54, 1.807) is 18.3 Å². The van der Waals surface area contributed by atoms with Crippen LogP contribution in [0.15, 0.2) is 65.6 Å². The lowest BCUT2D eigenvalue weighted by Crippen LogP contribution is -2.42. The summed E-state index contributed by atoms with van der Waals surface area (Å²) in [4.78, 5) is 46.9. The molecule has 9 nitrogen and oxygen atoms in total. The number of aromatic nitrogens is 4. The number of H-pyrrole nitrogens is 2. The van der Waals surface area contributed by atoms with E-state index in [9.17, 15) is 23.9 Å². The molecule has 1 aliphatic carbocycles. The molecule has 6 rings (SSSR count). The number of carbonyl (C=O) groups excluding carboxylic acids is 1. The highest BCUT2D eigenvalue weighted by molar-refractivity contribution is 5.96. The second kappa shape index (κ2) is 10.4. The lowest BCUT2D eigenvalue weighted by Gasteiger charge is -2.23. The van der Waals surface area contributed by atoms with Gasteiger partial charge in [-0.05, 0) is 42.5 Å². The molecule has 1 unspecified atom stereocenters. The Morgan fingerprint density at radius 3 is 2.67 bits per heavy atom. The van der Waals surface area contributed by atoms with Gasteiger partial charge in [-0.25, -0.2) is 18.7 Å². The highest BCUT2D eigenvalue weighted by Gasteiger charge is 2.27. The van der Waals surface area contributed by atoms with Crippen LogP contribution in [0.3, 0.4) is 0 Å². The molecule has 10 heteroatoms. The van der Waals surface area contributed by atoms with Gasteiger partial charge in [0.2, 0.25) is 0 Å². The standard InChI is InChI=1S/C30H28FN5O4/c31-20-10-6-9-18(13-20)27-26(17-7-2-1-3-8-17)29(38)36-25(34-27)15-23(35-36)28(37)33-24(30(39)40)14-19-16-32-22-12-5-4-11-21(19)22/h4-6,9-13,15-17,24,32,35H,1-3,7-8,14H2,(H,33,37)(H,39,40). The van der Waals surface area contributed by atoms with Crippen LogP contribution < -0.4 is 10.9 Å². The van der Waals surface area contributed by atoms with Crippen LogP contribution in [0.5, 0.6) is 0 Å². The predicted molar refractivity (Wildman–Crippen MR) is 148 cm³/mol. The van der Waals surface area contributed by atoms with Gasteiger partial charge in [0.05, 0.1) is 5.69 Å². The molecule has 4 N–H and O–H groups in total. The number of benzene rings is 2. The van der Waals surface area contributed by atoms with Crippen LogP contribution in [0, 0.1) is 5.82 Å². The van der Waals surface area contributed by atoms with Crippen LogP contribution in [0.1, 0.15) is 59.6 Å². The second-order valence-corrected chi connectivity index (χ2v) is 10.3. The van der Waals surface area contributed by atoms with Crippen molar-refractivity contribution >= 4 is 28.4 Å². The van der Waals surface area contributed by atoms with E-state index in [1.165, 1.54) is 22.7 Å². The minimum atomic E-state index is -1.21. The Morgan fingerprint density at radius 1 is 1.10 bits per heavy atom. The first-order chi connectivity index (χ1) is 19.4. The monoisotopic (exact) mass is 541 g/mol. The van der Waals surface area contributed by atoms with E-state index in [2.05, 4.69) is 15.4 Å². The SMILES string of the molecule is O=C(NC(Cc1c[nH]c2ccccc12)C(=O)O)c1cc2nc(-c3cccc(F)c3)c(C3CCCCC3)c(=O)n2[nH]1.